The Hall–Kier alpha value is -1.51. The van der Waals surface area contributed by atoms with Crippen molar-refractivity contribution in [1.82, 2.24) is 4.90 Å². The number of likely N-dealkylation sites (tertiary alicyclic amines) is 1. The standard InChI is InChI=1S/C17H26N2O/c1-12(2)18-16-8-6-5-7-15(16)17(20)19-10-13(3)9-14(4)11-19/h5-8,12-14,18H,9-11H2,1-4H3. The number of nitrogens with one attached hydrogen (secondary N) is 1. The second-order valence-corrected chi connectivity index (χ2v) is 6.50. The van der Waals surface area contributed by atoms with E-state index < -0.39 is 0 Å². The van der Waals surface area contributed by atoms with Crippen LogP contribution in [0, 0.1) is 11.8 Å². The molecule has 0 aromatic heterocycles. The minimum atomic E-state index is 0.159. The molecule has 110 valence electrons. The maximum atomic E-state index is 12.8. The molecule has 2 unspecified atom stereocenters. The number of hydrogen-bond donors (Lipinski definition) is 1. The molecule has 1 aromatic carbocycles. The van der Waals surface area contributed by atoms with Gasteiger partial charge in [0.25, 0.3) is 5.91 Å². The van der Waals surface area contributed by atoms with E-state index in [2.05, 4.69) is 33.0 Å². The Bertz CT molecular complexity index is 460. The molecule has 1 aromatic rings. The lowest BCUT2D eigenvalue weighted by molar-refractivity contribution is 0.0624. The molecule has 2 atom stereocenters. The van der Waals surface area contributed by atoms with Gasteiger partial charge in [-0.2, -0.15) is 0 Å². The van der Waals surface area contributed by atoms with Crippen LogP contribution in [0.25, 0.3) is 0 Å². The maximum Gasteiger partial charge on any atom is 0.255 e. The molecule has 3 nitrogen and oxygen atoms in total. The van der Waals surface area contributed by atoms with Gasteiger partial charge >= 0.3 is 0 Å². The first-order valence-electron chi connectivity index (χ1n) is 7.62. The number of benzene rings is 1. The van der Waals surface area contributed by atoms with E-state index in [1.54, 1.807) is 0 Å². The summed E-state index contributed by atoms with van der Waals surface area (Å²) in [7, 11) is 0. The number of hydrogen-bond acceptors (Lipinski definition) is 2. The van der Waals surface area contributed by atoms with E-state index in [1.807, 2.05) is 29.2 Å². The summed E-state index contributed by atoms with van der Waals surface area (Å²) in [6.45, 7) is 10.4. The zero-order valence-electron chi connectivity index (χ0n) is 13.0. The van der Waals surface area contributed by atoms with Crippen molar-refractivity contribution in [3.05, 3.63) is 29.8 Å². The highest BCUT2D eigenvalue weighted by molar-refractivity contribution is 5.99. The van der Waals surface area contributed by atoms with E-state index in [0.29, 0.717) is 17.9 Å². The lowest BCUT2D eigenvalue weighted by Gasteiger charge is -2.35. The molecule has 0 spiro atoms. The Balaban J connectivity index is 2.20. The fraction of sp³-hybridized carbons (Fsp3) is 0.588. The van der Waals surface area contributed by atoms with Gasteiger partial charge in [-0.3, -0.25) is 4.79 Å². The van der Waals surface area contributed by atoms with Gasteiger partial charge in [0.1, 0.15) is 0 Å². The SMILES string of the molecule is CC1CC(C)CN(C(=O)c2ccccc2NC(C)C)C1. The molecule has 3 heteroatoms. The van der Waals surface area contributed by atoms with Gasteiger partial charge in [-0.05, 0) is 44.2 Å². The van der Waals surface area contributed by atoms with Crippen LogP contribution in [0.2, 0.25) is 0 Å². The molecule has 1 fully saturated rings. The van der Waals surface area contributed by atoms with Gasteiger partial charge in [0, 0.05) is 24.8 Å². The smallest absolute Gasteiger partial charge is 0.255 e. The van der Waals surface area contributed by atoms with Gasteiger partial charge in [-0.1, -0.05) is 26.0 Å². The Morgan fingerprint density at radius 2 is 1.80 bits per heavy atom. The summed E-state index contributed by atoms with van der Waals surface area (Å²) in [5.74, 6) is 1.34. The van der Waals surface area contributed by atoms with Crippen molar-refractivity contribution in [3.63, 3.8) is 0 Å². The van der Waals surface area contributed by atoms with Crippen LogP contribution in [0.4, 0.5) is 5.69 Å². The number of rotatable bonds is 3. The molecule has 1 amide bonds. The lowest BCUT2D eigenvalue weighted by atomic mass is 9.91. The van der Waals surface area contributed by atoms with Crippen molar-refractivity contribution >= 4 is 11.6 Å². The minimum Gasteiger partial charge on any atom is -0.382 e. The van der Waals surface area contributed by atoms with Crippen molar-refractivity contribution in [2.24, 2.45) is 11.8 Å². The van der Waals surface area contributed by atoms with Crippen molar-refractivity contribution in [2.75, 3.05) is 18.4 Å². The number of anilines is 1. The van der Waals surface area contributed by atoms with E-state index in [-0.39, 0.29) is 5.91 Å². The number of amides is 1. The highest BCUT2D eigenvalue weighted by atomic mass is 16.2. The third-order valence-corrected chi connectivity index (χ3v) is 3.76. The number of nitrogens with zero attached hydrogens (tertiary/aromatic N) is 1. The van der Waals surface area contributed by atoms with Crippen LogP contribution < -0.4 is 5.32 Å². The molecule has 20 heavy (non-hydrogen) atoms. The molecule has 2 rings (SSSR count). The summed E-state index contributed by atoms with van der Waals surface area (Å²) >= 11 is 0. The fourth-order valence-corrected chi connectivity index (χ4v) is 3.11. The van der Waals surface area contributed by atoms with Crippen molar-refractivity contribution < 1.29 is 4.79 Å². The monoisotopic (exact) mass is 274 g/mol. The van der Waals surface area contributed by atoms with Gasteiger partial charge in [0.05, 0.1) is 5.56 Å². The summed E-state index contributed by atoms with van der Waals surface area (Å²) < 4.78 is 0. The molecule has 1 saturated heterocycles. The average molecular weight is 274 g/mol. The molecular weight excluding hydrogens is 248 g/mol. The van der Waals surface area contributed by atoms with E-state index >= 15 is 0 Å². The maximum absolute atomic E-state index is 12.8. The molecule has 1 N–H and O–H groups in total. The summed E-state index contributed by atoms with van der Waals surface area (Å²) in [6.07, 6.45) is 1.22. The van der Waals surface area contributed by atoms with Crippen LogP contribution in [-0.2, 0) is 0 Å². The van der Waals surface area contributed by atoms with Gasteiger partial charge < -0.3 is 10.2 Å². The number of carbonyl (C=O) groups is 1. The molecule has 0 radical (unpaired) electrons. The van der Waals surface area contributed by atoms with Gasteiger partial charge in [-0.25, -0.2) is 0 Å². The van der Waals surface area contributed by atoms with Crippen LogP contribution in [0.3, 0.4) is 0 Å². The fourth-order valence-electron chi connectivity index (χ4n) is 3.11. The first kappa shape index (κ1) is 14.9. The van der Waals surface area contributed by atoms with Gasteiger partial charge in [0.15, 0.2) is 0 Å². The second-order valence-electron chi connectivity index (χ2n) is 6.50. The molecule has 1 aliphatic rings. The first-order valence-corrected chi connectivity index (χ1v) is 7.62. The van der Waals surface area contributed by atoms with E-state index in [0.717, 1.165) is 24.3 Å². The van der Waals surface area contributed by atoms with Gasteiger partial charge in [-0.15, -0.1) is 0 Å². The van der Waals surface area contributed by atoms with Gasteiger partial charge in [0.2, 0.25) is 0 Å². The molecular formula is C17H26N2O. The Labute approximate surface area is 122 Å². The second kappa shape index (κ2) is 6.29. The Morgan fingerprint density at radius 3 is 2.40 bits per heavy atom. The summed E-state index contributed by atoms with van der Waals surface area (Å²) in [5, 5.41) is 3.37. The van der Waals surface area contributed by atoms with E-state index in [9.17, 15) is 4.79 Å². The predicted octanol–water partition coefficient (Wildman–Crippen LogP) is 3.63. The first-order chi connectivity index (χ1) is 9.47. The molecule has 0 aliphatic carbocycles. The zero-order chi connectivity index (χ0) is 14.7. The average Bonchev–Trinajstić information content (AvgIpc) is 2.36. The van der Waals surface area contributed by atoms with Crippen LogP contribution in [0.1, 0.15) is 44.5 Å². The van der Waals surface area contributed by atoms with Crippen molar-refractivity contribution in [1.29, 1.82) is 0 Å². The van der Waals surface area contributed by atoms with Crippen LogP contribution in [-0.4, -0.2) is 29.9 Å². The van der Waals surface area contributed by atoms with Crippen LogP contribution in [0.5, 0.6) is 0 Å². The molecule has 0 saturated carbocycles. The molecule has 0 bridgehead atoms. The molecule has 1 aliphatic heterocycles. The predicted molar refractivity (Wildman–Crippen MR) is 84.0 cm³/mol. The topological polar surface area (TPSA) is 32.3 Å². The lowest BCUT2D eigenvalue weighted by Crippen LogP contribution is -2.42. The quantitative estimate of drug-likeness (QED) is 0.913. The Morgan fingerprint density at radius 1 is 1.20 bits per heavy atom. The van der Waals surface area contributed by atoms with Crippen molar-refractivity contribution in [3.8, 4) is 0 Å². The normalized spacial score (nSPS) is 22.9. The van der Waals surface area contributed by atoms with Crippen LogP contribution in [0.15, 0.2) is 24.3 Å². The summed E-state index contributed by atoms with van der Waals surface area (Å²) in [4.78, 5) is 14.8. The Kier molecular flexibility index (Phi) is 4.69. The number of para-hydroxylation sites is 1. The van der Waals surface area contributed by atoms with E-state index in [1.165, 1.54) is 6.42 Å². The molecule has 1 heterocycles. The van der Waals surface area contributed by atoms with E-state index in [4.69, 9.17) is 0 Å². The van der Waals surface area contributed by atoms with Crippen molar-refractivity contribution in [2.45, 2.75) is 40.2 Å². The highest BCUT2D eigenvalue weighted by Gasteiger charge is 2.27. The summed E-state index contributed by atoms with van der Waals surface area (Å²) in [6, 6.07) is 8.16. The van der Waals surface area contributed by atoms with Crippen LogP contribution >= 0.6 is 0 Å². The number of piperidine rings is 1. The third-order valence-electron chi connectivity index (χ3n) is 3.76. The zero-order valence-corrected chi connectivity index (χ0v) is 13.0. The number of carbonyl (C=O) groups excluding carboxylic acids is 1. The summed E-state index contributed by atoms with van der Waals surface area (Å²) in [5.41, 5.74) is 1.74. The third kappa shape index (κ3) is 3.53. The largest absolute Gasteiger partial charge is 0.382 e. The highest BCUT2D eigenvalue weighted by Crippen LogP contribution is 2.25. The minimum absolute atomic E-state index is 0.159.